The fraction of sp³-hybridized carbons (Fsp3) is 0.481. The van der Waals surface area contributed by atoms with Gasteiger partial charge in [-0.1, -0.05) is 64.7 Å². The highest BCUT2D eigenvalue weighted by Gasteiger charge is 2.11. The average Bonchev–Trinajstić information content (AvgIpc) is 2.80. The summed E-state index contributed by atoms with van der Waals surface area (Å²) in [4.78, 5) is 0. The van der Waals surface area contributed by atoms with Gasteiger partial charge in [-0.05, 0) is 78.6 Å². The fourth-order valence-corrected chi connectivity index (χ4v) is 3.62. The van der Waals surface area contributed by atoms with E-state index in [0.717, 1.165) is 35.2 Å². The van der Waals surface area contributed by atoms with Gasteiger partial charge in [-0.3, -0.25) is 0 Å². The van der Waals surface area contributed by atoms with Crippen LogP contribution < -0.4 is 11.5 Å². The van der Waals surface area contributed by atoms with E-state index >= 15 is 0 Å². The normalized spacial score (nSPS) is 9.76. The van der Waals surface area contributed by atoms with E-state index in [2.05, 4.69) is 46.4 Å². The lowest BCUT2D eigenvalue weighted by Crippen LogP contribution is -2.12. The van der Waals surface area contributed by atoms with Crippen molar-refractivity contribution in [3.63, 3.8) is 0 Å². The van der Waals surface area contributed by atoms with Crippen LogP contribution in [0.3, 0.4) is 0 Å². The third kappa shape index (κ3) is 16.4. The number of thiol groups is 1. The summed E-state index contributed by atoms with van der Waals surface area (Å²) < 4.78 is 0. The molecule has 2 aromatic rings. The second-order valence-electron chi connectivity index (χ2n) is 9.59. The standard InChI is InChI=1S/C15H22N2.C7H4Cl2N2.C4H11BO2.CH4S/c1-10(2)5-13-7-12(9-16)8-14(15(13)17)6-11(3)4;8-5-1-4(3-10)2-6(9)7(5)11;1-4(2)3-5(6)7;1-2/h7-8,10-11H,5-6,17H2,1-4H3;1-2H,11H2;4,6-7H,3H2,1-2H3;2H,1H3. The first-order valence-electron chi connectivity index (χ1n) is 12.0. The smallest absolute Gasteiger partial charge is 0.427 e. The molecule has 0 aliphatic rings. The molecule has 0 aromatic heterocycles. The van der Waals surface area contributed by atoms with Crippen molar-refractivity contribution >= 4 is 54.3 Å². The average molecular weight is 567 g/mol. The number of halogens is 2. The second kappa shape index (κ2) is 20.0. The molecule has 0 aliphatic carbocycles. The van der Waals surface area contributed by atoms with E-state index in [1.807, 2.05) is 32.0 Å². The fourth-order valence-electron chi connectivity index (χ4n) is 3.13. The molecule has 6 nitrogen and oxygen atoms in total. The van der Waals surface area contributed by atoms with Gasteiger partial charge in [-0.15, -0.1) is 0 Å². The Labute approximate surface area is 239 Å². The summed E-state index contributed by atoms with van der Waals surface area (Å²) in [5, 5.41) is 34.7. The first-order valence-corrected chi connectivity index (χ1v) is 13.6. The van der Waals surface area contributed by atoms with Crippen molar-refractivity contribution < 1.29 is 10.0 Å². The summed E-state index contributed by atoms with van der Waals surface area (Å²) in [6, 6.07) is 10.9. The first-order chi connectivity index (χ1) is 17.2. The highest BCUT2D eigenvalue weighted by molar-refractivity contribution is 7.79. The van der Waals surface area contributed by atoms with E-state index in [1.165, 1.54) is 12.1 Å². The topological polar surface area (TPSA) is 140 Å². The Morgan fingerprint density at radius 2 is 1.11 bits per heavy atom. The van der Waals surface area contributed by atoms with Gasteiger partial charge in [0.2, 0.25) is 0 Å². The summed E-state index contributed by atoms with van der Waals surface area (Å²) in [6.07, 6.45) is 4.04. The zero-order chi connectivity index (χ0) is 29.3. The van der Waals surface area contributed by atoms with E-state index in [-0.39, 0.29) is 0 Å². The van der Waals surface area contributed by atoms with Gasteiger partial charge in [0.1, 0.15) is 0 Å². The molecule has 2 aromatic carbocycles. The molecule has 0 aliphatic heterocycles. The predicted molar refractivity (Wildman–Crippen MR) is 163 cm³/mol. The molecule has 0 radical (unpaired) electrons. The van der Waals surface area contributed by atoms with Crippen LogP contribution in [0.5, 0.6) is 0 Å². The molecule has 0 saturated heterocycles. The molecule has 0 spiro atoms. The van der Waals surface area contributed by atoms with Crippen molar-refractivity contribution in [1.29, 1.82) is 10.5 Å². The number of rotatable bonds is 6. The van der Waals surface area contributed by atoms with Crippen molar-refractivity contribution in [3.8, 4) is 12.1 Å². The van der Waals surface area contributed by atoms with Crippen LogP contribution in [0.15, 0.2) is 24.3 Å². The van der Waals surface area contributed by atoms with E-state index in [0.29, 0.717) is 45.4 Å². The zero-order valence-corrected chi connectivity index (χ0v) is 25.3. The number of benzene rings is 2. The maximum Gasteiger partial charge on any atom is 0.451 e. The van der Waals surface area contributed by atoms with Crippen LogP contribution in [0.4, 0.5) is 11.4 Å². The summed E-state index contributed by atoms with van der Waals surface area (Å²) in [5.41, 5.74) is 16.2. The molecule has 37 heavy (non-hydrogen) atoms. The zero-order valence-electron chi connectivity index (χ0n) is 22.9. The Morgan fingerprint density at radius 1 is 0.757 bits per heavy atom. The Kier molecular flexibility index (Phi) is 20.0. The largest absolute Gasteiger partial charge is 0.451 e. The highest BCUT2D eigenvalue weighted by Crippen LogP contribution is 2.28. The Balaban J connectivity index is 0. The summed E-state index contributed by atoms with van der Waals surface area (Å²) >= 11 is 14.8. The van der Waals surface area contributed by atoms with Crippen LogP contribution in [0, 0.1) is 40.4 Å². The van der Waals surface area contributed by atoms with E-state index in [9.17, 15) is 0 Å². The van der Waals surface area contributed by atoms with Crippen LogP contribution >= 0.6 is 35.8 Å². The molecule has 0 saturated carbocycles. The van der Waals surface area contributed by atoms with Gasteiger partial charge in [0.15, 0.2) is 0 Å². The lowest BCUT2D eigenvalue weighted by Gasteiger charge is -2.15. The van der Waals surface area contributed by atoms with Gasteiger partial charge in [-0.2, -0.15) is 23.2 Å². The monoisotopic (exact) mass is 566 g/mol. The molecular weight excluding hydrogens is 526 g/mol. The minimum Gasteiger partial charge on any atom is -0.427 e. The first kappa shape index (κ1) is 37.1. The van der Waals surface area contributed by atoms with E-state index < -0.39 is 7.12 Å². The van der Waals surface area contributed by atoms with Gasteiger partial charge < -0.3 is 21.5 Å². The molecule has 0 fully saturated rings. The molecule has 10 heteroatoms. The summed E-state index contributed by atoms with van der Waals surface area (Å²) in [7, 11) is -1.13. The number of hydrogen-bond acceptors (Lipinski definition) is 7. The van der Waals surface area contributed by atoms with E-state index in [1.54, 1.807) is 6.26 Å². The Bertz CT molecular complexity index is 976. The molecular formula is C27H41BCl2N4O2S. The number of nitrogen functional groups attached to an aromatic ring is 2. The number of hydrogen-bond donors (Lipinski definition) is 5. The third-order valence-electron chi connectivity index (χ3n) is 4.63. The van der Waals surface area contributed by atoms with Crippen molar-refractivity contribution in [2.45, 2.75) is 60.7 Å². The van der Waals surface area contributed by atoms with Gasteiger partial charge in [0, 0.05) is 5.69 Å². The second-order valence-corrected chi connectivity index (χ2v) is 10.4. The number of nitrogens with zero attached hydrogens (tertiary/aromatic N) is 2. The Hall–Kier alpha value is -2.07. The van der Waals surface area contributed by atoms with Crippen LogP contribution in [0.25, 0.3) is 0 Å². The van der Waals surface area contributed by atoms with Crippen LogP contribution in [0.1, 0.15) is 63.8 Å². The Morgan fingerprint density at radius 3 is 1.35 bits per heavy atom. The van der Waals surface area contributed by atoms with Crippen LogP contribution in [-0.4, -0.2) is 23.4 Å². The van der Waals surface area contributed by atoms with E-state index in [4.69, 9.17) is 55.2 Å². The van der Waals surface area contributed by atoms with Crippen molar-refractivity contribution in [2.24, 2.45) is 17.8 Å². The SMILES string of the molecule is CC(C)CB(O)O.CC(C)Cc1cc(C#N)cc(CC(C)C)c1N.CS.N#Cc1cc(Cl)c(N)c(Cl)c1. The minimum atomic E-state index is -1.13. The number of anilines is 2. The van der Waals surface area contributed by atoms with Crippen LogP contribution in [0.2, 0.25) is 16.4 Å². The lowest BCUT2D eigenvalue weighted by atomic mass is 9.80. The highest BCUT2D eigenvalue weighted by atomic mass is 35.5. The van der Waals surface area contributed by atoms with Crippen molar-refractivity contribution in [2.75, 3.05) is 17.7 Å². The van der Waals surface area contributed by atoms with Crippen molar-refractivity contribution in [3.05, 3.63) is 56.6 Å². The minimum absolute atomic E-state index is 0.312. The number of nitriles is 2. The molecule has 204 valence electrons. The molecule has 0 unspecified atom stereocenters. The summed E-state index contributed by atoms with van der Waals surface area (Å²) in [6.45, 7) is 12.6. The number of nitrogens with two attached hydrogens (primary N) is 2. The van der Waals surface area contributed by atoms with Crippen LogP contribution in [-0.2, 0) is 12.8 Å². The molecule has 6 N–H and O–H groups in total. The predicted octanol–water partition coefficient (Wildman–Crippen LogP) is 6.65. The third-order valence-corrected chi connectivity index (χ3v) is 5.25. The molecule has 0 atom stereocenters. The maximum absolute atomic E-state index is 9.05. The van der Waals surface area contributed by atoms with Gasteiger partial charge in [0.25, 0.3) is 0 Å². The van der Waals surface area contributed by atoms with Gasteiger partial charge in [0.05, 0.1) is 39.0 Å². The van der Waals surface area contributed by atoms with Gasteiger partial charge >= 0.3 is 7.12 Å². The summed E-state index contributed by atoms with van der Waals surface area (Å²) in [5.74, 6) is 1.48. The van der Waals surface area contributed by atoms with Gasteiger partial charge in [-0.25, -0.2) is 0 Å². The molecule has 2 rings (SSSR count). The maximum atomic E-state index is 9.05. The molecule has 0 heterocycles. The molecule has 0 bridgehead atoms. The molecule has 0 amide bonds. The quantitative estimate of drug-likeness (QED) is 0.151. The van der Waals surface area contributed by atoms with Crippen molar-refractivity contribution in [1.82, 2.24) is 0 Å². The lowest BCUT2D eigenvalue weighted by molar-refractivity contribution is 0.394.